The number of hydrogen-bond acceptors (Lipinski definition) is 10. The summed E-state index contributed by atoms with van der Waals surface area (Å²) in [5, 5.41) is 53.5. The largest absolute Gasteiger partial charge is 0.494 e. The number of aromatic amines is 1. The highest BCUT2D eigenvalue weighted by molar-refractivity contribution is 9.10. The molecule has 13 nitrogen and oxygen atoms in total. The lowest BCUT2D eigenvalue weighted by Crippen LogP contribution is -2.41. The van der Waals surface area contributed by atoms with Crippen LogP contribution in [0.15, 0.2) is 439 Å². The fourth-order valence-corrected chi connectivity index (χ4v) is 21.7. The molecular formula is C118H81BBr2N3O10P. The number of nitro benzene ring substituents is 2. The number of nitro groups is 2. The highest BCUT2D eigenvalue weighted by Gasteiger charge is 2.52. The Kier molecular flexibility index (Phi) is 22.3. The Morgan fingerprint density at radius 3 is 1.07 bits per heavy atom. The van der Waals surface area contributed by atoms with Crippen LogP contribution in [-0.4, -0.2) is 33.2 Å². The highest BCUT2D eigenvalue weighted by atomic mass is 79.9. The van der Waals surface area contributed by atoms with E-state index in [1.807, 2.05) is 115 Å². The molecule has 1 aliphatic heterocycles. The Hall–Kier alpha value is -15.4. The first kappa shape index (κ1) is 85.1. The van der Waals surface area contributed by atoms with Gasteiger partial charge in [-0.3, -0.25) is 20.2 Å². The number of nitrogens with zero attached hydrogens (tertiary/aromatic N) is 2. The van der Waals surface area contributed by atoms with Crippen molar-refractivity contribution in [1.29, 1.82) is 0 Å². The molecule has 1 aliphatic rings. The molecule has 0 bridgehead atoms. The number of nitrogens with one attached hydrogen (secondary N) is 1. The molecule has 0 atom stereocenters. The molecule has 1 saturated heterocycles. The molecule has 17 heteroatoms. The van der Waals surface area contributed by atoms with E-state index >= 15 is 0 Å². The lowest BCUT2D eigenvalue weighted by molar-refractivity contribution is -0.383. The normalized spacial score (nSPS) is 12.9. The van der Waals surface area contributed by atoms with E-state index < -0.39 is 7.92 Å². The average molecular weight is 1900 g/mol. The summed E-state index contributed by atoms with van der Waals surface area (Å²) < 4.78 is 38.4. The SMILES string of the molecule is Brc1ccc2c(c1)oc1cc3ccccc3cc12.CC1(C)OB(c2ccc3c(c2)oc2cc4ccccc4cc23)OC1(C)C.O=[N+]([O-])c1c(-c2ccc3c(c2)oc2cc4ccccc4cc23)ccc2ccccc12.O=[N+]([O-])c1c(Br)ccc2ccccc12.c1ccc(P(c2ccccc2)c2ccccc2)cc1.c1ccc2cc3c(cc2c1)oc1cc2c(cc13)[nH]c1c3ccccc3ccc21. The van der Waals surface area contributed by atoms with Gasteiger partial charge in [-0.05, 0) is 259 Å². The third kappa shape index (κ3) is 16.3. The fraction of sp³-hybridized carbons (Fsp3) is 0.0508. The second kappa shape index (κ2) is 35.3. The van der Waals surface area contributed by atoms with Gasteiger partial charge >= 0.3 is 7.12 Å². The smallest absolute Gasteiger partial charge is 0.456 e. The van der Waals surface area contributed by atoms with Crippen LogP contribution >= 0.6 is 39.8 Å². The third-order valence-electron chi connectivity index (χ3n) is 26.0. The van der Waals surface area contributed by atoms with Gasteiger partial charge in [0, 0.05) is 69.2 Å². The standard InChI is InChI=1S/C26H15NO3.C26H15NO.C22H21BO3.C18H15P.C16H9BrO.C10H6BrNO2/c28-27(29)26-20-8-4-3-5-16(20)9-11-21(26)19-10-12-22-23-13-17-6-1-2-7-18(17)14-25(23)30-24(22)15-19;1-2-7-17-12-24-21(11-16(17)6-1)22-13-23-20(14-25(22)28-24)19-10-9-15-5-3-4-8-18(15)26(19)27-23;1-21(2)22(3,4)26-23(25-21)16-9-10-17-18-11-14-7-5-6-8-15(14)12-19(18)24-20(17)13-16;1-4-10-16(11-5-1)19(17-12-6-2-7-13-17)18-14-8-3-9-15-18;17-12-5-6-13-14-7-10-3-1-2-4-11(10)8-15(14)18-16(13)9-12;11-9-6-5-7-3-1-2-4-8(7)10(9)12(13)14/h1-15H;1-14,27H;5-13H,1-4H3;1-15H;1-9H;1-6H. The first-order chi connectivity index (χ1) is 65.8. The Morgan fingerprint density at radius 2 is 0.615 bits per heavy atom. The topological polar surface area (TPSA) is 173 Å². The van der Waals surface area contributed by atoms with Gasteiger partial charge in [-0.1, -0.05) is 307 Å². The van der Waals surface area contributed by atoms with Crippen molar-refractivity contribution in [1.82, 2.24) is 4.98 Å². The van der Waals surface area contributed by atoms with Crippen LogP contribution in [0.4, 0.5) is 11.4 Å². The Balaban J connectivity index is 0.0000000957. The molecule has 1 fully saturated rings. The van der Waals surface area contributed by atoms with Gasteiger partial charge in [-0.25, -0.2) is 0 Å². The predicted octanol–water partition coefficient (Wildman–Crippen LogP) is 32.5. The number of furan rings is 4. The molecule has 1 N–H and O–H groups in total. The minimum absolute atomic E-state index is 0.120. The van der Waals surface area contributed by atoms with Crippen LogP contribution in [0.2, 0.25) is 0 Å². The Bertz CT molecular complexity index is 9060. The quantitative estimate of drug-likeness (QED) is 0.0700. The number of H-pyrrole nitrogens is 1. The molecule has 135 heavy (non-hydrogen) atoms. The molecule has 26 aromatic rings. The van der Waals surface area contributed by atoms with Crippen molar-refractivity contribution in [3.05, 3.63) is 442 Å². The Labute approximate surface area is 792 Å². The molecule has 27 rings (SSSR count). The molecular weight excluding hydrogens is 1820 g/mol. The van der Waals surface area contributed by atoms with Crippen molar-refractivity contribution in [3.8, 4) is 11.1 Å². The van der Waals surface area contributed by atoms with E-state index in [2.05, 4.69) is 338 Å². The predicted molar refractivity (Wildman–Crippen MR) is 568 cm³/mol. The van der Waals surface area contributed by atoms with E-state index in [4.69, 9.17) is 27.0 Å². The lowest BCUT2D eigenvalue weighted by atomic mass is 9.79. The maximum absolute atomic E-state index is 11.9. The number of halogens is 2. The van der Waals surface area contributed by atoms with E-state index in [1.54, 1.807) is 24.3 Å². The van der Waals surface area contributed by atoms with Crippen molar-refractivity contribution in [2.75, 3.05) is 0 Å². The van der Waals surface area contributed by atoms with E-state index in [0.29, 0.717) is 20.8 Å². The second-order valence-electron chi connectivity index (χ2n) is 34.8. The molecule has 6 heterocycles. The molecule has 0 unspecified atom stereocenters. The van der Waals surface area contributed by atoms with Crippen LogP contribution in [0.5, 0.6) is 0 Å². The first-order valence-electron chi connectivity index (χ1n) is 44.5. The first-order valence-corrected chi connectivity index (χ1v) is 47.4. The highest BCUT2D eigenvalue weighted by Crippen LogP contribution is 2.45. The van der Waals surface area contributed by atoms with Crippen molar-refractivity contribution in [3.63, 3.8) is 0 Å². The minimum Gasteiger partial charge on any atom is -0.456 e. The van der Waals surface area contributed by atoms with Gasteiger partial charge in [0.15, 0.2) is 0 Å². The average Bonchev–Trinajstić information content (AvgIpc) is 1.57. The minimum atomic E-state index is -0.446. The van der Waals surface area contributed by atoms with Gasteiger partial charge in [0.1, 0.15) is 44.7 Å². The maximum Gasteiger partial charge on any atom is 0.494 e. The molecule has 0 aliphatic carbocycles. The van der Waals surface area contributed by atoms with Gasteiger partial charge < -0.3 is 32.0 Å². The summed E-state index contributed by atoms with van der Waals surface area (Å²) in [6.07, 6.45) is 0. The second-order valence-corrected chi connectivity index (χ2v) is 38.8. The zero-order valence-corrected chi connectivity index (χ0v) is 77.6. The lowest BCUT2D eigenvalue weighted by Gasteiger charge is -2.32. The fourth-order valence-electron chi connectivity index (χ4n) is 18.5. The molecule has 0 radical (unpaired) electrons. The number of benzene rings is 21. The van der Waals surface area contributed by atoms with E-state index in [0.717, 1.165) is 114 Å². The summed E-state index contributed by atoms with van der Waals surface area (Å²) in [7, 11) is -0.824. The van der Waals surface area contributed by atoms with Crippen LogP contribution in [0.25, 0.3) is 196 Å². The molecule has 650 valence electrons. The third-order valence-corrected chi connectivity index (χ3v) is 29.5. The summed E-state index contributed by atoms with van der Waals surface area (Å²) in [4.78, 5) is 25.7. The van der Waals surface area contributed by atoms with Crippen molar-refractivity contribution >= 4 is 265 Å². The van der Waals surface area contributed by atoms with E-state index in [-0.39, 0.29) is 39.5 Å². The van der Waals surface area contributed by atoms with Crippen LogP contribution < -0.4 is 21.4 Å². The number of rotatable bonds is 7. The summed E-state index contributed by atoms with van der Waals surface area (Å²) in [5.74, 6) is 0. The molecule has 0 saturated carbocycles. The van der Waals surface area contributed by atoms with Gasteiger partial charge in [0.2, 0.25) is 0 Å². The summed E-state index contributed by atoms with van der Waals surface area (Å²) in [5.41, 5.74) is 11.3. The summed E-state index contributed by atoms with van der Waals surface area (Å²) in [6.45, 7) is 8.27. The molecule has 0 spiro atoms. The zero-order chi connectivity index (χ0) is 91.7. The summed E-state index contributed by atoms with van der Waals surface area (Å²) in [6, 6.07) is 140. The Morgan fingerprint density at radius 1 is 0.281 bits per heavy atom. The summed E-state index contributed by atoms with van der Waals surface area (Å²) >= 11 is 6.65. The van der Waals surface area contributed by atoms with Crippen LogP contribution in [0, 0.1) is 20.2 Å². The van der Waals surface area contributed by atoms with E-state index in [9.17, 15) is 20.2 Å². The van der Waals surface area contributed by atoms with Crippen LogP contribution in [0.3, 0.4) is 0 Å². The van der Waals surface area contributed by atoms with Gasteiger partial charge in [0.05, 0.1) is 47.4 Å². The monoisotopic (exact) mass is 1900 g/mol. The van der Waals surface area contributed by atoms with Gasteiger partial charge in [-0.15, -0.1) is 0 Å². The molecule has 5 aromatic heterocycles. The van der Waals surface area contributed by atoms with Crippen LogP contribution in [0.1, 0.15) is 27.7 Å². The van der Waals surface area contributed by atoms with Crippen molar-refractivity contribution in [2.45, 2.75) is 38.9 Å². The van der Waals surface area contributed by atoms with Crippen LogP contribution in [-0.2, 0) is 9.31 Å². The number of aromatic nitrogens is 1. The van der Waals surface area contributed by atoms with Gasteiger partial charge in [0.25, 0.3) is 11.4 Å². The van der Waals surface area contributed by atoms with Crippen molar-refractivity contribution < 1.29 is 36.8 Å². The number of hydrogen-bond donors (Lipinski definition) is 1. The molecule has 21 aromatic carbocycles. The van der Waals surface area contributed by atoms with Crippen molar-refractivity contribution in [2.24, 2.45) is 0 Å². The van der Waals surface area contributed by atoms with Gasteiger partial charge in [-0.2, -0.15) is 0 Å². The zero-order valence-electron chi connectivity index (χ0n) is 73.5. The number of fused-ring (bicyclic) bond motifs is 23. The molecule has 0 amide bonds. The van der Waals surface area contributed by atoms with E-state index in [1.165, 1.54) is 91.5 Å². The maximum atomic E-state index is 11.9.